The Morgan fingerprint density at radius 1 is 1.25 bits per heavy atom. The highest BCUT2D eigenvalue weighted by molar-refractivity contribution is 7.99. The van der Waals surface area contributed by atoms with Gasteiger partial charge in [0.2, 0.25) is 0 Å². The monoisotopic (exact) mass is 297 g/mol. The van der Waals surface area contributed by atoms with Gasteiger partial charge in [0.15, 0.2) is 0 Å². The minimum Gasteiger partial charge on any atom is -0.308 e. The van der Waals surface area contributed by atoms with E-state index in [1.165, 1.54) is 0 Å². The van der Waals surface area contributed by atoms with Crippen LogP contribution in [-0.4, -0.2) is 40.3 Å². The molecule has 0 amide bonds. The molecule has 0 radical (unpaired) electrons. The second-order valence-corrected chi connectivity index (χ2v) is 6.12. The number of thioether (sulfide) groups is 1. The van der Waals surface area contributed by atoms with Crippen LogP contribution in [0.2, 0.25) is 0 Å². The van der Waals surface area contributed by atoms with Gasteiger partial charge < -0.3 is 10.3 Å². The van der Waals surface area contributed by atoms with Gasteiger partial charge in [-0.15, -0.1) is 11.8 Å². The van der Waals surface area contributed by atoms with Crippen LogP contribution < -0.4 is 11.3 Å². The summed E-state index contributed by atoms with van der Waals surface area (Å²) in [5.41, 5.74) is 3.71. The molecule has 0 aliphatic rings. The maximum absolute atomic E-state index is 5.55. The van der Waals surface area contributed by atoms with Crippen LogP contribution in [-0.2, 0) is 0 Å². The van der Waals surface area contributed by atoms with Crippen molar-refractivity contribution >= 4 is 17.6 Å². The number of rotatable bonds is 8. The minimum atomic E-state index is 0.296. The van der Waals surface area contributed by atoms with Crippen molar-refractivity contribution in [3.63, 3.8) is 0 Å². The molecule has 0 fully saturated rings. The summed E-state index contributed by atoms with van der Waals surface area (Å²) in [7, 11) is 0. The zero-order chi connectivity index (χ0) is 15.1. The van der Waals surface area contributed by atoms with E-state index in [1.54, 1.807) is 11.8 Å². The van der Waals surface area contributed by atoms with Gasteiger partial charge >= 0.3 is 0 Å². The van der Waals surface area contributed by atoms with Gasteiger partial charge in [-0.05, 0) is 20.0 Å². The molecule has 3 N–H and O–H groups in total. The zero-order valence-corrected chi connectivity index (χ0v) is 14.0. The summed E-state index contributed by atoms with van der Waals surface area (Å²) in [6, 6.07) is 0. The summed E-state index contributed by atoms with van der Waals surface area (Å²) < 4.78 is 0. The van der Waals surface area contributed by atoms with Crippen molar-refractivity contribution in [1.29, 1.82) is 0 Å². The number of nitrogens with two attached hydrogens (primary N) is 1. The molecular weight excluding hydrogens is 270 g/mol. The summed E-state index contributed by atoms with van der Waals surface area (Å²) in [5, 5.41) is 1.03. The molecule has 0 saturated heterocycles. The van der Waals surface area contributed by atoms with Crippen LogP contribution in [0.25, 0.3) is 0 Å². The maximum atomic E-state index is 5.55. The lowest BCUT2D eigenvalue weighted by Gasteiger charge is -2.18. The van der Waals surface area contributed by atoms with Gasteiger partial charge in [-0.25, -0.2) is 15.8 Å². The quantitative estimate of drug-likeness (QED) is 0.333. The van der Waals surface area contributed by atoms with E-state index < -0.39 is 0 Å². The predicted octanol–water partition coefficient (Wildman–Crippen LogP) is 2.63. The first-order valence-corrected chi connectivity index (χ1v) is 8.22. The summed E-state index contributed by atoms with van der Waals surface area (Å²) in [6.45, 7) is 13.8. The number of aromatic nitrogens is 2. The SMILES string of the molecule is CCN(CC)CCSc1nc(C(C)C)nc(NN)c1C. The van der Waals surface area contributed by atoms with Crippen LogP contribution in [0.1, 0.15) is 45.0 Å². The normalized spacial score (nSPS) is 11.4. The van der Waals surface area contributed by atoms with Crippen molar-refractivity contribution in [2.24, 2.45) is 5.84 Å². The summed E-state index contributed by atoms with van der Waals surface area (Å²) in [6.07, 6.45) is 0. The van der Waals surface area contributed by atoms with E-state index in [-0.39, 0.29) is 0 Å². The highest BCUT2D eigenvalue weighted by Crippen LogP contribution is 2.26. The molecule has 20 heavy (non-hydrogen) atoms. The highest BCUT2D eigenvalue weighted by Gasteiger charge is 2.13. The number of hydrogen-bond donors (Lipinski definition) is 2. The van der Waals surface area contributed by atoms with E-state index in [9.17, 15) is 0 Å². The second kappa shape index (κ2) is 8.44. The Labute approximate surface area is 126 Å². The largest absolute Gasteiger partial charge is 0.308 e. The lowest BCUT2D eigenvalue weighted by molar-refractivity contribution is 0.324. The molecule has 5 nitrogen and oxygen atoms in total. The number of anilines is 1. The molecule has 0 bridgehead atoms. The molecule has 0 aliphatic heterocycles. The topological polar surface area (TPSA) is 67.1 Å². The summed E-state index contributed by atoms with van der Waals surface area (Å²) >= 11 is 1.78. The highest BCUT2D eigenvalue weighted by atomic mass is 32.2. The summed E-state index contributed by atoms with van der Waals surface area (Å²) in [4.78, 5) is 11.5. The molecule has 1 aromatic rings. The van der Waals surface area contributed by atoms with E-state index in [1.807, 2.05) is 6.92 Å². The van der Waals surface area contributed by atoms with E-state index in [0.717, 1.165) is 47.6 Å². The van der Waals surface area contributed by atoms with Gasteiger partial charge in [-0.2, -0.15) is 0 Å². The van der Waals surface area contributed by atoms with Crippen LogP contribution in [0, 0.1) is 6.92 Å². The number of nitrogens with zero attached hydrogens (tertiary/aromatic N) is 3. The number of hydrogen-bond acceptors (Lipinski definition) is 6. The Morgan fingerprint density at radius 2 is 1.90 bits per heavy atom. The smallest absolute Gasteiger partial charge is 0.147 e. The van der Waals surface area contributed by atoms with Crippen LogP contribution >= 0.6 is 11.8 Å². The number of hydrazine groups is 1. The van der Waals surface area contributed by atoms with Gasteiger partial charge in [0, 0.05) is 23.8 Å². The van der Waals surface area contributed by atoms with Gasteiger partial charge in [-0.3, -0.25) is 0 Å². The van der Waals surface area contributed by atoms with Crippen LogP contribution in [0.15, 0.2) is 5.03 Å². The molecule has 6 heteroatoms. The van der Waals surface area contributed by atoms with Gasteiger partial charge in [0.1, 0.15) is 16.7 Å². The molecule has 0 aliphatic carbocycles. The van der Waals surface area contributed by atoms with E-state index in [4.69, 9.17) is 5.84 Å². The third-order valence-electron chi connectivity index (χ3n) is 3.31. The van der Waals surface area contributed by atoms with Crippen molar-refractivity contribution in [3.05, 3.63) is 11.4 Å². The third-order valence-corrected chi connectivity index (χ3v) is 4.37. The molecule has 0 aromatic carbocycles. The molecule has 0 spiro atoms. The molecule has 1 heterocycles. The fourth-order valence-electron chi connectivity index (χ4n) is 1.86. The lowest BCUT2D eigenvalue weighted by atomic mass is 10.2. The first kappa shape index (κ1) is 17.2. The van der Waals surface area contributed by atoms with Crippen LogP contribution in [0.4, 0.5) is 5.82 Å². The molecule has 0 atom stereocenters. The lowest BCUT2D eigenvalue weighted by Crippen LogP contribution is -2.25. The molecule has 1 aromatic heterocycles. The fraction of sp³-hybridized carbons (Fsp3) is 0.714. The predicted molar refractivity (Wildman–Crippen MR) is 87.2 cm³/mol. The number of nitrogens with one attached hydrogen (secondary N) is 1. The van der Waals surface area contributed by atoms with E-state index >= 15 is 0 Å². The van der Waals surface area contributed by atoms with E-state index in [2.05, 4.69) is 48.0 Å². The summed E-state index contributed by atoms with van der Waals surface area (Å²) in [5.74, 6) is 8.45. The molecule has 0 saturated carbocycles. The van der Waals surface area contributed by atoms with Crippen LogP contribution in [0.5, 0.6) is 0 Å². The van der Waals surface area contributed by atoms with Gasteiger partial charge in [-0.1, -0.05) is 27.7 Å². The van der Waals surface area contributed by atoms with Crippen molar-refractivity contribution in [1.82, 2.24) is 14.9 Å². The zero-order valence-electron chi connectivity index (χ0n) is 13.2. The number of nitrogen functional groups attached to an aromatic ring is 1. The van der Waals surface area contributed by atoms with E-state index in [0.29, 0.717) is 5.92 Å². The Kier molecular flexibility index (Phi) is 7.26. The average Bonchev–Trinajstić information content (AvgIpc) is 2.44. The fourth-order valence-corrected chi connectivity index (χ4v) is 2.88. The van der Waals surface area contributed by atoms with Crippen molar-refractivity contribution in [2.75, 3.05) is 30.8 Å². The second-order valence-electron chi connectivity index (χ2n) is 5.03. The first-order valence-electron chi connectivity index (χ1n) is 7.23. The average molecular weight is 297 g/mol. The van der Waals surface area contributed by atoms with Crippen molar-refractivity contribution < 1.29 is 0 Å². The minimum absolute atomic E-state index is 0.296. The standard InChI is InChI=1S/C14H27N5S/c1-6-19(7-2)8-9-20-14-11(5)13(18-15)16-12(17-14)10(3)4/h10H,6-9,15H2,1-5H3,(H,16,17,18). The molecular formula is C14H27N5S. The Bertz CT molecular complexity index is 418. The molecule has 0 unspecified atom stereocenters. The Hall–Kier alpha value is -0.850. The Morgan fingerprint density at radius 3 is 2.40 bits per heavy atom. The molecule has 1 rings (SSSR count). The van der Waals surface area contributed by atoms with Crippen LogP contribution in [0.3, 0.4) is 0 Å². The first-order chi connectivity index (χ1) is 9.53. The maximum Gasteiger partial charge on any atom is 0.147 e. The molecule has 114 valence electrons. The Balaban J connectivity index is 2.80. The third kappa shape index (κ3) is 4.61. The van der Waals surface area contributed by atoms with Crippen molar-refractivity contribution in [2.45, 2.75) is 45.6 Å². The van der Waals surface area contributed by atoms with Gasteiger partial charge in [0.25, 0.3) is 0 Å². The van der Waals surface area contributed by atoms with Crippen molar-refractivity contribution in [3.8, 4) is 0 Å². The van der Waals surface area contributed by atoms with Gasteiger partial charge in [0.05, 0.1) is 0 Å².